The maximum atomic E-state index is 5.78. The fourth-order valence-electron chi connectivity index (χ4n) is 1.49. The van der Waals surface area contributed by atoms with E-state index < -0.39 is 0 Å². The Labute approximate surface area is 97.4 Å². The molecule has 0 aliphatic carbocycles. The highest BCUT2D eigenvalue weighted by atomic mass is 16.5. The summed E-state index contributed by atoms with van der Waals surface area (Å²) in [5, 5.41) is 0. The maximum Gasteiger partial charge on any atom is 0.128 e. The predicted molar refractivity (Wildman–Crippen MR) is 66.6 cm³/mol. The highest BCUT2D eigenvalue weighted by molar-refractivity contribution is 5.39. The minimum Gasteiger partial charge on any atom is -0.383 e. The van der Waals surface area contributed by atoms with Crippen LogP contribution in [0.1, 0.15) is 25.5 Å². The lowest BCUT2D eigenvalue weighted by Crippen LogP contribution is -2.27. The largest absolute Gasteiger partial charge is 0.383 e. The molecule has 0 amide bonds. The molecule has 0 fully saturated rings. The van der Waals surface area contributed by atoms with Crippen LogP contribution in [-0.2, 0) is 4.74 Å². The number of pyridine rings is 1. The van der Waals surface area contributed by atoms with Crippen molar-refractivity contribution in [2.45, 2.75) is 19.9 Å². The highest BCUT2D eigenvalue weighted by Crippen LogP contribution is 2.14. The van der Waals surface area contributed by atoms with Crippen LogP contribution in [0.4, 0.5) is 5.82 Å². The first-order valence-electron chi connectivity index (χ1n) is 5.64. The second-order valence-corrected chi connectivity index (χ2v) is 3.81. The lowest BCUT2D eigenvalue weighted by molar-refractivity contribution is 0.205. The Morgan fingerprint density at radius 1 is 1.50 bits per heavy atom. The molecule has 0 saturated carbocycles. The number of nitrogens with zero attached hydrogens (tertiary/aromatic N) is 2. The van der Waals surface area contributed by atoms with Crippen LogP contribution in [0.3, 0.4) is 0 Å². The summed E-state index contributed by atoms with van der Waals surface area (Å²) in [4.78, 5) is 6.59. The van der Waals surface area contributed by atoms with E-state index in [-0.39, 0.29) is 6.04 Å². The van der Waals surface area contributed by atoms with Gasteiger partial charge in [0.25, 0.3) is 0 Å². The Morgan fingerprint density at radius 3 is 2.69 bits per heavy atom. The Morgan fingerprint density at radius 2 is 2.25 bits per heavy atom. The van der Waals surface area contributed by atoms with Crippen molar-refractivity contribution in [2.24, 2.45) is 5.73 Å². The molecular weight excluding hydrogens is 202 g/mol. The molecule has 4 nitrogen and oxygen atoms in total. The van der Waals surface area contributed by atoms with Gasteiger partial charge in [-0.15, -0.1) is 0 Å². The van der Waals surface area contributed by atoms with Crippen LogP contribution >= 0.6 is 0 Å². The van der Waals surface area contributed by atoms with Gasteiger partial charge in [0.1, 0.15) is 5.82 Å². The van der Waals surface area contributed by atoms with Crippen molar-refractivity contribution in [1.82, 2.24) is 4.98 Å². The van der Waals surface area contributed by atoms with Gasteiger partial charge in [-0.1, -0.05) is 6.07 Å². The third-order valence-corrected chi connectivity index (χ3v) is 2.57. The molecule has 0 bridgehead atoms. The fraction of sp³-hybridized carbons (Fsp3) is 0.583. The van der Waals surface area contributed by atoms with Crippen LogP contribution in [0, 0.1) is 0 Å². The molecule has 0 spiro atoms. The van der Waals surface area contributed by atoms with Crippen molar-refractivity contribution in [3.05, 3.63) is 23.9 Å². The van der Waals surface area contributed by atoms with E-state index in [1.807, 2.05) is 25.3 Å². The quantitative estimate of drug-likeness (QED) is 0.795. The zero-order valence-corrected chi connectivity index (χ0v) is 10.3. The van der Waals surface area contributed by atoms with Crippen molar-refractivity contribution in [3.8, 4) is 0 Å². The first-order chi connectivity index (χ1) is 7.69. The van der Waals surface area contributed by atoms with Gasteiger partial charge in [0.05, 0.1) is 6.61 Å². The number of aromatic nitrogens is 1. The monoisotopic (exact) mass is 223 g/mol. The van der Waals surface area contributed by atoms with Crippen LogP contribution in [0.2, 0.25) is 0 Å². The minimum atomic E-state index is 0.0376. The highest BCUT2D eigenvalue weighted by Gasteiger charge is 2.06. The summed E-state index contributed by atoms with van der Waals surface area (Å²) < 4.78 is 5.07. The fourth-order valence-corrected chi connectivity index (χ4v) is 1.49. The van der Waals surface area contributed by atoms with Gasteiger partial charge in [0, 0.05) is 32.4 Å². The number of ether oxygens (including phenoxy) is 1. The first-order valence-corrected chi connectivity index (χ1v) is 5.64. The summed E-state index contributed by atoms with van der Waals surface area (Å²) in [7, 11) is 1.71. The number of rotatable bonds is 6. The molecule has 2 N–H and O–H groups in total. The van der Waals surface area contributed by atoms with E-state index in [0.717, 1.165) is 24.5 Å². The molecular formula is C12H21N3O. The zero-order chi connectivity index (χ0) is 12.0. The van der Waals surface area contributed by atoms with Crippen LogP contribution in [-0.4, -0.2) is 31.8 Å². The second kappa shape index (κ2) is 6.45. The Bertz CT molecular complexity index is 298. The zero-order valence-electron chi connectivity index (χ0n) is 10.3. The smallest absolute Gasteiger partial charge is 0.128 e. The maximum absolute atomic E-state index is 5.78. The van der Waals surface area contributed by atoms with E-state index in [1.165, 1.54) is 0 Å². The van der Waals surface area contributed by atoms with Gasteiger partial charge in [0.2, 0.25) is 0 Å². The Kier molecular flexibility index (Phi) is 5.22. The van der Waals surface area contributed by atoms with Crippen LogP contribution in [0.5, 0.6) is 0 Å². The number of methoxy groups -OCH3 is 1. The summed E-state index contributed by atoms with van der Waals surface area (Å²) >= 11 is 0. The van der Waals surface area contributed by atoms with Crippen molar-refractivity contribution >= 4 is 5.82 Å². The van der Waals surface area contributed by atoms with Crippen LogP contribution in [0.15, 0.2) is 18.3 Å². The third kappa shape index (κ3) is 3.47. The average Bonchev–Trinajstić information content (AvgIpc) is 2.30. The molecule has 1 heterocycles. The summed E-state index contributed by atoms with van der Waals surface area (Å²) in [6, 6.07) is 4.08. The van der Waals surface area contributed by atoms with Crippen molar-refractivity contribution in [3.63, 3.8) is 0 Å². The normalized spacial score (nSPS) is 12.5. The summed E-state index contributed by atoms with van der Waals surface area (Å²) in [6.07, 6.45) is 1.84. The predicted octanol–water partition coefficient (Wildman–Crippen LogP) is 1.57. The van der Waals surface area contributed by atoms with Crippen LogP contribution in [0.25, 0.3) is 0 Å². The van der Waals surface area contributed by atoms with E-state index in [1.54, 1.807) is 7.11 Å². The SMILES string of the molecule is CCN(CCOC)c1ccc(C(C)N)cn1. The topological polar surface area (TPSA) is 51.4 Å². The molecule has 0 aliphatic heterocycles. The molecule has 0 radical (unpaired) electrons. The number of nitrogens with two attached hydrogens (primary N) is 1. The lowest BCUT2D eigenvalue weighted by atomic mass is 10.1. The first kappa shape index (κ1) is 12.9. The molecule has 0 aromatic carbocycles. The van der Waals surface area contributed by atoms with Gasteiger partial charge in [-0.2, -0.15) is 0 Å². The molecule has 1 unspecified atom stereocenters. The number of anilines is 1. The van der Waals surface area contributed by atoms with Gasteiger partial charge in [0.15, 0.2) is 0 Å². The molecule has 1 aromatic heterocycles. The van der Waals surface area contributed by atoms with E-state index in [4.69, 9.17) is 10.5 Å². The van der Waals surface area contributed by atoms with Gasteiger partial charge in [-0.25, -0.2) is 4.98 Å². The third-order valence-electron chi connectivity index (χ3n) is 2.57. The molecule has 1 aromatic rings. The van der Waals surface area contributed by atoms with Crippen molar-refractivity contribution in [2.75, 3.05) is 31.7 Å². The van der Waals surface area contributed by atoms with E-state index >= 15 is 0 Å². The van der Waals surface area contributed by atoms with Crippen LogP contribution < -0.4 is 10.6 Å². The van der Waals surface area contributed by atoms with E-state index in [2.05, 4.69) is 16.8 Å². The lowest BCUT2D eigenvalue weighted by Gasteiger charge is -2.21. The number of hydrogen-bond donors (Lipinski definition) is 1. The molecule has 0 saturated heterocycles. The standard InChI is InChI=1S/C12H21N3O/c1-4-15(7-8-16-3)12-6-5-11(9-14-12)10(2)13/h5-6,9-10H,4,7-8,13H2,1-3H3. The number of likely N-dealkylation sites (N-methyl/N-ethyl adjacent to an activating group) is 1. The molecule has 4 heteroatoms. The van der Waals surface area contributed by atoms with Crippen molar-refractivity contribution < 1.29 is 4.74 Å². The van der Waals surface area contributed by atoms with Gasteiger partial charge in [-0.05, 0) is 25.5 Å². The van der Waals surface area contributed by atoms with E-state index in [9.17, 15) is 0 Å². The Hall–Kier alpha value is -1.13. The molecule has 90 valence electrons. The second-order valence-electron chi connectivity index (χ2n) is 3.81. The molecule has 16 heavy (non-hydrogen) atoms. The Balaban J connectivity index is 2.70. The minimum absolute atomic E-state index is 0.0376. The summed E-state index contributed by atoms with van der Waals surface area (Å²) in [5.74, 6) is 0.976. The van der Waals surface area contributed by atoms with Gasteiger partial charge < -0.3 is 15.4 Å². The van der Waals surface area contributed by atoms with E-state index in [0.29, 0.717) is 6.61 Å². The average molecular weight is 223 g/mol. The number of hydrogen-bond acceptors (Lipinski definition) is 4. The molecule has 0 aliphatic rings. The van der Waals surface area contributed by atoms with Gasteiger partial charge >= 0.3 is 0 Å². The van der Waals surface area contributed by atoms with Gasteiger partial charge in [-0.3, -0.25) is 0 Å². The summed E-state index contributed by atoms with van der Waals surface area (Å²) in [6.45, 7) is 6.56. The summed E-state index contributed by atoms with van der Waals surface area (Å²) in [5.41, 5.74) is 6.84. The molecule has 1 atom stereocenters. The van der Waals surface area contributed by atoms with Crippen molar-refractivity contribution in [1.29, 1.82) is 0 Å². The molecule has 1 rings (SSSR count).